The van der Waals surface area contributed by atoms with Crippen LogP contribution in [0.25, 0.3) is 10.1 Å². The van der Waals surface area contributed by atoms with Crippen LogP contribution in [0, 0.1) is 0 Å². The van der Waals surface area contributed by atoms with Crippen LogP contribution in [0.15, 0.2) is 53.9 Å². The van der Waals surface area contributed by atoms with E-state index in [0.29, 0.717) is 0 Å². The molecule has 2 nitrogen and oxygen atoms in total. The third-order valence-electron chi connectivity index (χ3n) is 3.38. The van der Waals surface area contributed by atoms with E-state index in [9.17, 15) is 0 Å². The van der Waals surface area contributed by atoms with Gasteiger partial charge >= 0.3 is 0 Å². The molecule has 0 fully saturated rings. The van der Waals surface area contributed by atoms with Crippen molar-refractivity contribution in [3.8, 4) is 0 Å². The first kappa shape index (κ1) is 12.2. The van der Waals surface area contributed by atoms with Crippen molar-refractivity contribution in [2.45, 2.75) is 6.04 Å². The molecular formula is C16H16N2S. The van der Waals surface area contributed by atoms with Gasteiger partial charge in [-0.1, -0.05) is 30.3 Å². The molecule has 3 aromatic rings. The van der Waals surface area contributed by atoms with Crippen molar-refractivity contribution in [2.24, 2.45) is 0 Å². The van der Waals surface area contributed by atoms with Gasteiger partial charge in [0.05, 0.1) is 6.04 Å². The lowest BCUT2D eigenvalue weighted by atomic mass is 9.98. The lowest BCUT2D eigenvalue weighted by Crippen LogP contribution is -2.17. The molecule has 1 aromatic heterocycles. The molecule has 0 saturated carbocycles. The molecule has 3 rings (SSSR count). The van der Waals surface area contributed by atoms with Crippen LogP contribution < -0.4 is 11.1 Å². The van der Waals surface area contributed by atoms with Crippen LogP contribution >= 0.6 is 11.3 Å². The summed E-state index contributed by atoms with van der Waals surface area (Å²) in [6.07, 6.45) is 0. The van der Waals surface area contributed by atoms with Gasteiger partial charge in [-0.3, -0.25) is 0 Å². The summed E-state index contributed by atoms with van der Waals surface area (Å²) >= 11 is 1.79. The summed E-state index contributed by atoms with van der Waals surface area (Å²) in [4.78, 5) is 0. The standard InChI is InChI=1S/C16H16N2S/c1-18-16(11-6-8-12(17)9-7-11)14-10-19-15-5-3-2-4-13(14)15/h2-10,16,18H,17H2,1H3. The van der Waals surface area contributed by atoms with E-state index >= 15 is 0 Å². The summed E-state index contributed by atoms with van der Waals surface area (Å²) < 4.78 is 1.33. The summed E-state index contributed by atoms with van der Waals surface area (Å²) in [5.41, 5.74) is 9.12. The first-order chi connectivity index (χ1) is 9.29. The van der Waals surface area contributed by atoms with Gasteiger partial charge in [0.15, 0.2) is 0 Å². The molecule has 0 radical (unpaired) electrons. The lowest BCUT2D eigenvalue weighted by Gasteiger charge is -2.16. The number of anilines is 1. The van der Waals surface area contributed by atoms with E-state index in [-0.39, 0.29) is 6.04 Å². The topological polar surface area (TPSA) is 38.0 Å². The quantitative estimate of drug-likeness (QED) is 0.709. The minimum Gasteiger partial charge on any atom is -0.399 e. The number of benzene rings is 2. The van der Waals surface area contributed by atoms with Gasteiger partial charge in [-0.05, 0) is 47.1 Å². The molecule has 0 saturated heterocycles. The molecule has 1 unspecified atom stereocenters. The Morgan fingerprint density at radius 2 is 1.79 bits per heavy atom. The molecule has 3 N–H and O–H groups in total. The Kier molecular flexibility index (Phi) is 3.23. The Morgan fingerprint density at radius 1 is 1.05 bits per heavy atom. The Balaban J connectivity index is 2.09. The Hall–Kier alpha value is -1.84. The van der Waals surface area contributed by atoms with Gasteiger partial charge in [0.2, 0.25) is 0 Å². The summed E-state index contributed by atoms with van der Waals surface area (Å²) in [6, 6.07) is 16.8. The van der Waals surface area contributed by atoms with E-state index < -0.39 is 0 Å². The Morgan fingerprint density at radius 3 is 2.53 bits per heavy atom. The van der Waals surface area contributed by atoms with Crippen LogP contribution in [0.5, 0.6) is 0 Å². The maximum Gasteiger partial charge on any atom is 0.0588 e. The SMILES string of the molecule is CNC(c1ccc(N)cc1)c1csc2ccccc12. The monoisotopic (exact) mass is 268 g/mol. The number of fused-ring (bicyclic) bond motifs is 1. The second-order valence-electron chi connectivity index (χ2n) is 4.58. The first-order valence-corrected chi connectivity index (χ1v) is 7.16. The average molecular weight is 268 g/mol. The van der Waals surface area contributed by atoms with Crippen LogP contribution in [0.4, 0.5) is 5.69 Å². The summed E-state index contributed by atoms with van der Waals surface area (Å²) in [6.45, 7) is 0. The number of hydrogen-bond donors (Lipinski definition) is 2. The van der Waals surface area contributed by atoms with Crippen molar-refractivity contribution in [1.82, 2.24) is 5.32 Å². The number of nitrogens with one attached hydrogen (secondary N) is 1. The van der Waals surface area contributed by atoms with Crippen LogP contribution in [-0.4, -0.2) is 7.05 Å². The fourth-order valence-corrected chi connectivity index (χ4v) is 3.40. The second kappa shape index (κ2) is 5.03. The predicted molar refractivity (Wildman–Crippen MR) is 83.6 cm³/mol. The Labute approximate surface area is 116 Å². The van der Waals surface area contributed by atoms with E-state index in [0.717, 1.165) is 5.69 Å². The molecule has 0 bridgehead atoms. The second-order valence-corrected chi connectivity index (χ2v) is 5.49. The molecule has 96 valence electrons. The van der Waals surface area contributed by atoms with Crippen LogP contribution in [0.2, 0.25) is 0 Å². The fourth-order valence-electron chi connectivity index (χ4n) is 2.41. The third-order valence-corrected chi connectivity index (χ3v) is 4.36. The Bertz CT molecular complexity index is 685. The van der Waals surface area contributed by atoms with E-state index in [1.54, 1.807) is 11.3 Å². The van der Waals surface area contributed by atoms with Gasteiger partial charge in [-0.2, -0.15) is 0 Å². The fraction of sp³-hybridized carbons (Fsp3) is 0.125. The molecule has 0 aliphatic heterocycles. The largest absolute Gasteiger partial charge is 0.399 e. The molecule has 19 heavy (non-hydrogen) atoms. The van der Waals surface area contributed by atoms with Gasteiger partial charge < -0.3 is 11.1 Å². The van der Waals surface area contributed by atoms with E-state index in [4.69, 9.17) is 5.73 Å². The minimum absolute atomic E-state index is 0.205. The van der Waals surface area contributed by atoms with Gasteiger partial charge in [0, 0.05) is 10.4 Å². The predicted octanol–water partition coefficient (Wildman–Crippen LogP) is 3.79. The number of nitrogens with two attached hydrogens (primary N) is 1. The van der Waals surface area contributed by atoms with Crippen LogP contribution in [0.3, 0.4) is 0 Å². The number of hydrogen-bond acceptors (Lipinski definition) is 3. The molecule has 3 heteroatoms. The zero-order chi connectivity index (χ0) is 13.2. The molecule has 0 amide bonds. The molecule has 0 aliphatic rings. The molecule has 0 aliphatic carbocycles. The van der Waals surface area contributed by atoms with E-state index in [1.165, 1.54) is 21.2 Å². The summed E-state index contributed by atoms with van der Waals surface area (Å²) in [7, 11) is 1.99. The van der Waals surface area contributed by atoms with E-state index in [1.807, 2.05) is 19.2 Å². The third kappa shape index (κ3) is 2.23. The highest BCUT2D eigenvalue weighted by Crippen LogP contribution is 2.33. The zero-order valence-electron chi connectivity index (χ0n) is 10.8. The highest BCUT2D eigenvalue weighted by molar-refractivity contribution is 7.17. The maximum absolute atomic E-state index is 5.76. The van der Waals surface area contributed by atoms with Crippen molar-refractivity contribution in [3.05, 3.63) is 65.0 Å². The van der Waals surface area contributed by atoms with Crippen molar-refractivity contribution >= 4 is 27.1 Å². The van der Waals surface area contributed by atoms with Crippen molar-refractivity contribution in [1.29, 1.82) is 0 Å². The molecular weight excluding hydrogens is 252 g/mol. The number of nitrogen functional groups attached to an aromatic ring is 1. The minimum atomic E-state index is 0.205. The maximum atomic E-state index is 5.76. The normalized spacial score (nSPS) is 12.7. The highest BCUT2D eigenvalue weighted by atomic mass is 32.1. The summed E-state index contributed by atoms with van der Waals surface area (Å²) in [5, 5.41) is 6.96. The zero-order valence-corrected chi connectivity index (χ0v) is 11.6. The number of thiophene rings is 1. The molecule has 1 heterocycles. The molecule has 0 spiro atoms. The van der Waals surface area contributed by atoms with Crippen LogP contribution in [-0.2, 0) is 0 Å². The lowest BCUT2D eigenvalue weighted by molar-refractivity contribution is 0.699. The highest BCUT2D eigenvalue weighted by Gasteiger charge is 2.15. The molecule has 1 atom stereocenters. The number of rotatable bonds is 3. The van der Waals surface area contributed by atoms with Gasteiger partial charge in [-0.25, -0.2) is 0 Å². The van der Waals surface area contributed by atoms with Crippen molar-refractivity contribution < 1.29 is 0 Å². The van der Waals surface area contributed by atoms with Crippen LogP contribution in [0.1, 0.15) is 17.2 Å². The summed E-state index contributed by atoms with van der Waals surface area (Å²) in [5.74, 6) is 0. The smallest absolute Gasteiger partial charge is 0.0588 e. The van der Waals surface area contributed by atoms with E-state index in [2.05, 4.69) is 47.1 Å². The van der Waals surface area contributed by atoms with Gasteiger partial charge in [0.25, 0.3) is 0 Å². The van der Waals surface area contributed by atoms with Crippen molar-refractivity contribution in [2.75, 3.05) is 12.8 Å². The molecule has 2 aromatic carbocycles. The van der Waals surface area contributed by atoms with Gasteiger partial charge in [0.1, 0.15) is 0 Å². The van der Waals surface area contributed by atoms with Crippen molar-refractivity contribution in [3.63, 3.8) is 0 Å². The average Bonchev–Trinajstić information content (AvgIpc) is 2.86. The van der Waals surface area contributed by atoms with Gasteiger partial charge in [-0.15, -0.1) is 11.3 Å². The first-order valence-electron chi connectivity index (χ1n) is 6.28.